The van der Waals surface area contributed by atoms with Gasteiger partial charge in [-0.25, -0.2) is 0 Å². The quantitative estimate of drug-likeness (QED) is 0.480. The minimum atomic E-state index is -0.428. The Hall–Kier alpha value is -2.39. The first-order valence-corrected chi connectivity index (χ1v) is 6.11. The fraction of sp³-hybridized carbons (Fsp3) is 0.357. The number of nitrogens with one attached hydrogen (secondary N) is 1. The Kier molecular flexibility index (Phi) is 5.69. The molecule has 106 valence electrons. The summed E-state index contributed by atoms with van der Waals surface area (Å²) in [6.07, 6.45) is 5.08. The van der Waals surface area contributed by atoms with E-state index in [-0.39, 0.29) is 18.1 Å². The minimum absolute atomic E-state index is 0.0515. The summed E-state index contributed by atoms with van der Waals surface area (Å²) in [5.74, 6) is 2.12. The van der Waals surface area contributed by atoms with E-state index in [9.17, 15) is 14.9 Å². The van der Waals surface area contributed by atoms with Gasteiger partial charge in [-0.1, -0.05) is 24.1 Å². The van der Waals surface area contributed by atoms with Crippen LogP contribution in [0.5, 0.6) is 0 Å². The fourth-order valence-electron chi connectivity index (χ4n) is 1.71. The summed E-state index contributed by atoms with van der Waals surface area (Å²) in [5.41, 5.74) is 0.618. The molecule has 6 heteroatoms. The third-order valence-electron chi connectivity index (χ3n) is 3.01. The second-order valence-corrected chi connectivity index (χ2v) is 4.40. The second kappa shape index (κ2) is 7.26. The first-order chi connectivity index (χ1) is 9.47. The number of carbonyl (C=O) groups excluding carboxylic acids is 1. The molecule has 0 radical (unpaired) electrons. The van der Waals surface area contributed by atoms with Gasteiger partial charge in [-0.05, 0) is 14.0 Å². The van der Waals surface area contributed by atoms with Crippen LogP contribution in [0, 0.1) is 22.5 Å². The molecule has 0 aliphatic heterocycles. The van der Waals surface area contributed by atoms with Crippen molar-refractivity contribution in [3.05, 3.63) is 39.9 Å². The zero-order chi connectivity index (χ0) is 15.1. The predicted octanol–water partition coefficient (Wildman–Crippen LogP) is 1.16. The number of amides is 1. The van der Waals surface area contributed by atoms with Crippen LogP contribution in [0.25, 0.3) is 0 Å². The van der Waals surface area contributed by atoms with Gasteiger partial charge in [0, 0.05) is 18.2 Å². The van der Waals surface area contributed by atoms with Crippen molar-refractivity contribution in [3.63, 3.8) is 0 Å². The number of rotatable bonds is 6. The van der Waals surface area contributed by atoms with Gasteiger partial charge in [0.15, 0.2) is 0 Å². The third-order valence-corrected chi connectivity index (χ3v) is 3.01. The number of nitro groups is 1. The van der Waals surface area contributed by atoms with Crippen LogP contribution in [0.15, 0.2) is 24.3 Å². The monoisotopic (exact) mass is 275 g/mol. The summed E-state index contributed by atoms with van der Waals surface area (Å²) in [4.78, 5) is 24.0. The lowest BCUT2D eigenvalue weighted by molar-refractivity contribution is -0.385. The lowest BCUT2D eigenvalue weighted by atomic mass is 10.1. The molecule has 0 aromatic heterocycles. The molecule has 0 saturated heterocycles. The fourth-order valence-corrected chi connectivity index (χ4v) is 1.71. The van der Waals surface area contributed by atoms with Gasteiger partial charge >= 0.3 is 0 Å². The maximum absolute atomic E-state index is 11.8. The highest BCUT2D eigenvalue weighted by Gasteiger charge is 2.20. The van der Waals surface area contributed by atoms with Crippen molar-refractivity contribution in [2.24, 2.45) is 0 Å². The number of benzene rings is 1. The Labute approximate surface area is 117 Å². The first-order valence-electron chi connectivity index (χ1n) is 6.11. The molecule has 0 spiro atoms. The number of terminal acetylenes is 1. The summed E-state index contributed by atoms with van der Waals surface area (Å²) < 4.78 is 0. The summed E-state index contributed by atoms with van der Waals surface area (Å²) in [5, 5.41) is 13.5. The molecule has 0 aliphatic carbocycles. The molecular weight excluding hydrogens is 258 g/mol. The highest BCUT2D eigenvalue weighted by molar-refractivity contribution is 5.81. The minimum Gasteiger partial charge on any atom is -0.344 e. The first kappa shape index (κ1) is 15.7. The van der Waals surface area contributed by atoms with Crippen molar-refractivity contribution >= 4 is 11.6 Å². The second-order valence-electron chi connectivity index (χ2n) is 4.40. The van der Waals surface area contributed by atoms with E-state index in [4.69, 9.17) is 6.42 Å². The lowest BCUT2D eigenvalue weighted by Crippen LogP contribution is -2.43. The van der Waals surface area contributed by atoms with Crippen molar-refractivity contribution in [3.8, 4) is 12.3 Å². The van der Waals surface area contributed by atoms with Gasteiger partial charge in [-0.3, -0.25) is 19.8 Å². The normalized spacial score (nSPS) is 11.7. The van der Waals surface area contributed by atoms with E-state index < -0.39 is 11.0 Å². The van der Waals surface area contributed by atoms with Crippen molar-refractivity contribution in [2.45, 2.75) is 19.5 Å². The van der Waals surface area contributed by atoms with E-state index in [1.165, 1.54) is 6.07 Å². The molecule has 0 aliphatic rings. The lowest BCUT2D eigenvalue weighted by Gasteiger charge is -2.23. The van der Waals surface area contributed by atoms with Crippen LogP contribution in [-0.4, -0.2) is 35.4 Å². The zero-order valence-corrected chi connectivity index (χ0v) is 11.5. The summed E-state index contributed by atoms with van der Waals surface area (Å²) in [6, 6.07) is 6.06. The Balaban J connectivity index is 2.76. The number of carbonyl (C=O) groups is 1. The molecule has 1 rings (SSSR count). The SMILES string of the molecule is C#CCNC(=O)C(C)N(C)Cc1ccccc1[N+](=O)[O-]. The number of nitrogens with zero attached hydrogens (tertiary/aromatic N) is 2. The Morgan fingerprint density at radius 3 is 2.80 bits per heavy atom. The summed E-state index contributed by atoms with van der Waals surface area (Å²) in [6.45, 7) is 2.20. The molecule has 0 bridgehead atoms. The molecule has 20 heavy (non-hydrogen) atoms. The standard InChI is InChI=1S/C14H17N3O3/c1-4-9-15-14(18)11(2)16(3)10-12-7-5-6-8-13(12)17(19)20/h1,5-8,11H,9-10H2,2-3H3,(H,15,18). The maximum atomic E-state index is 11.8. The van der Waals surface area contributed by atoms with E-state index in [1.54, 1.807) is 37.1 Å². The highest BCUT2D eigenvalue weighted by atomic mass is 16.6. The topological polar surface area (TPSA) is 75.5 Å². The van der Waals surface area contributed by atoms with Crippen LogP contribution in [0.2, 0.25) is 0 Å². The third kappa shape index (κ3) is 4.07. The zero-order valence-electron chi connectivity index (χ0n) is 11.5. The van der Waals surface area contributed by atoms with E-state index >= 15 is 0 Å². The van der Waals surface area contributed by atoms with E-state index in [0.29, 0.717) is 12.1 Å². The van der Waals surface area contributed by atoms with Crippen LogP contribution >= 0.6 is 0 Å². The van der Waals surface area contributed by atoms with Gasteiger partial charge in [0.25, 0.3) is 5.69 Å². The number of para-hydroxylation sites is 1. The molecule has 1 N–H and O–H groups in total. The van der Waals surface area contributed by atoms with Gasteiger partial charge in [0.1, 0.15) is 0 Å². The number of hydrogen-bond acceptors (Lipinski definition) is 4. The smallest absolute Gasteiger partial charge is 0.273 e. The van der Waals surface area contributed by atoms with Crippen molar-refractivity contribution < 1.29 is 9.72 Å². The van der Waals surface area contributed by atoms with Crippen LogP contribution in [0.1, 0.15) is 12.5 Å². The van der Waals surface area contributed by atoms with Gasteiger partial charge < -0.3 is 5.32 Å². The van der Waals surface area contributed by atoms with Crippen molar-refractivity contribution in [1.82, 2.24) is 10.2 Å². The van der Waals surface area contributed by atoms with Crippen LogP contribution < -0.4 is 5.32 Å². The number of hydrogen-bond donors (Lipinski definition) is 1. The largest absolute Gasteiger partial charge is 0.344 e. The van der Waals surface area contributed by atoms with Crippen LogP contribution in [0.4, 0.5) is 5.69 Å². The molecule has 1 unspecified atom stereocenters. The molecule has 1 amide bonds. The van der Waals surface area contributed by atoms with Gasteiger partial charge in [-0.2, -0.15) is 0 Å². The molecule has 6 nitrogen and oxygen atoms in total. The maximum Gasteiger partial charge on any atom is 0.273 e. The number of nitro benzene ring substituents is 1. The average molecular weight is 275 g/mol. The highest BCUT2D eigenvalue weighted by Crippen LogP contribution is 2.19. The van der Waals surface area contributed by atoms with Gasteiger partial charge in [-0.15, -0.1) is 6.42 Å². The van der Waals surface area contributed by atoms with Crippen molar-refractivity contribution in [1.29, 1.82) is 0 Å². The predicted molar refractivity (Wildman–Crippen MR) is 75.9 cm³/mol. The Bertz CT molecular complexity index is 537. The molecule has 1 aromatic rings. The van der Waals surface area contributed by atoms with Crippen LogP contribution in [0.3, 0.4) is 0 Å². The molecule has 0 fully saturated rings. The summed E-state index contributed by atoms with van der Waals surface area (Å²) >= 11 is 0. The van der Waals surface area contributed by atoms with Gasteiger partial charge in [0.05, 0.1) is 17.5 Å². The van der Waals surface area contributed by atoms with Crippen LogP contribution in [-0.2, 0) is 11.3 Å². The molecular formula is C14H17N3O3. The molecule has 0 saturated carbocycles. The molecule has 0 heterocycles. The van der Waals surface area contributed by atoms with Gasteiger partial charge in [0.2, 0.25) is 5.91 Å². The van der Waals surface area contributed by atoms with E-state index in [1.807, 2.05) is 0 Å². The Morgan fingerprint density at radius 1 is 1.55 bits per heavy atom. The average Bonchev–Trinajstić information content (AvgIpc) is 2.44. The van der Waals surface area contributed by atoms with Crippen molar-refractivity contribution in [2.75, 3.05) is 13.6 Å². The molecule has 1 atom stereocenters. The van der Waals surface area contributed by atoms with E-state index in [0.717, 1.165) is 0 Å². The Morgan fingerprint density at radius 2 is 2.20 bits per heavy atom. The summed E-state index contributed by atoms with van der Waals surface area (Å²) in [7, 11) is 1.73. The van der Waals surface area contributed by atoms with E-state index in [2.05, 4.69) is 11.2 Å². The molecule has 1 aromatic carbocycles. The number of likely N-dealkylation sites (N-methyl/N-ethyl adjacent to an activating group) is 1.